The molecule has 0 aliphatic carbocycles. The van der Waals surface area contributed by atoms with Gasteiger partial charge in [-0.05, 0) is 49.7 Å². The Balaban J connectivity index is 1.46. The van der Waals surface area contributed by atoms with Gasteiger partial charge in [0.05, 0.1) is 0 Å². The SMILES string of the molecule is Cc1cccc(C)c1-c1nc(Nc2cc(C(=O)Cc3ccccc3)ccn2)nc(N2CCN(C)CC2)n1. The maximum atomic E-state index is 12.9. The number of pyridine rings is 1. The number of rotatable bonds is 7. The molecular formula is C29H31N7O. The van der Waals surface area contributed by atoms with Gasteiger partial charge in [-0.2, -0.15) is 15.0 Å². The van der Waals surface area contributed by atoms with Crippen molar-refractivity contribution in [2.24, 2.45) is 0 Å². The molecule has 188 valence electrons. The fourth-order valence-electron chi connectivity index (χ4n) is 4.52. The van der Waals surface area contributed by atoms with E-state index in [1.165, 1.54) is 0 Å². The monoisotopic (exact) mass is 493 g/mol. The van der Waals surface area contributed by atoms with Crippen LogP contribution in [0.5, 0.6) is 0 Å². The van der Waals surface area contributed by atoms with Crippen molar-refractivity contribution in [1.82, 2.24) is 24.8 Å². The van der Waals surface area contributed by atoms with Gasteiger partial charge in [-0.3, -0.25) is 4.79 Å². The number of piperazine rings is 1. The zero-order chi connectivity index (χ0) is 25.8. The fraction of sp³-hybridized carbons (Fsp3) is 0.276. The van der Waals surface area contributed by atoms with E-state index >= 15 is 0 Å². The average molecular weight is 494 g/mol. The van der Waals surface area contributed by atoms with E-state index in [1.54, 1.807) is 18.3 Å². The van der Waals surface area contributed by atoms with Gasteiger partial charge in [0.1, 0.15) is 5.82 Å². The molecule has 3 heterocycles. The second kappa shape index (κ2) is 10.8. The summed E-state index contributed by atoms with van der Waals surface area (Å²) in [6, 6.07) is 19.4. The molecule has 2 aromatic heterocycles. The van der Waals surface area contributed by atoms with Crippen LogP contribution in [0.2, 0.25) is 0 Å². The van der Waals surface area contributed by atoms with Crippen molar-refractivity contribution in [1.29, 1.82) is 0 Å². The first-order valence-corrected chi connectivity index (χ1v) is 12.5. The van der Waals surface area contributed by atoms with E-state index in [0.29, 0.717) is 35.5 Å². The lowest BCUT2D eigenvalue weighted by Gasteiger charge is -2.32. The highest BCUT2D eigenvalue weighted by molar-refractivity contribution is 5.98. The van der Waals surface area contributed by atoms with Crippen molar-refractivity contribution >= 4 is 23.5 Å². The van der Waals surface area contributed by atoms with Crippen molar-refractivity contribution in [2.75, 3.05) is 43.4 Å². The van der Waals surface area contributed by atoms with Gasteiger partial charge < -0.3 is 15.1 Å². The van der Waals surface area contributed by atoms with E-state index < -0.39 is 0 Å². The van der Waals surface area contributed by atoms with E-state index in [9.17, 15) is 4.79 Å². The van der Waals surface area contributed by atoms with E-state index in [-0.39, 0.29) is 5.78 Å². The fourth-order valence-corrected chi connectivity index (χ4v) is 4.52. The molecule has 1 fully saturated rings. The Morgan fingerprint density at radius 3 is 2.35 bits per heavy atom. The van der Waals surface area contributed by atoms with Crippen LogP contribution in [-0.4, -0.2) is 63.8 Å². The van der Waals surface area contributed by atoms with Gasteiger partial charge >= 0.3 is 0 Å². The van der Waals surface area contributed by atoms with Crippen LogP contribution in [-0.2, 0) is 6.42 Å². The average Bonchev–Trinajstić information content (AvgIpc) is 2.90. The van der Waals surface area contributed by atoms with Crippen LogP contribution < -0.4 is 10.2 Å². The van der Waals surface area contributed by atoms with Gasteiger partial charge in [0.2, 0.25) is 11.9 Å². The highest BCUT2D eigenvalue weighted by atomic mass is 16.1. The number of nitrogens with one attached hydrogen (secondary N) is 1. The molecule has 0 bridgehead atoms. The molecule has 1 saturated heterocycles. The third-order valence-electron chi connectivity index (χ3n) is 6.64. The van der Waals surface area contributed by atoms with Crippen LogP contribution in [0.3, 0.4) is 0 Å². The smallest absolute Gasteiger partial charge is 0.233 e. The number of aromatic nitrogens is 4. The number of carbonyl (C=O) groups excluding carboxylic acids is 1. The van der Waals surface area contributed by atoms with Crippen LogP contribution in [0.1, 0.15) is 27.0 Å². The number of carbonyl (C=O) groups is 1. The highest BCUT2D eigenvalue weighted by Gasteiger charge is 2.20. The molecule has 1 aliphatic rings. The van der Waals surface area contributed by atoms with Gasteiger partial charge in [0, 0.05) is 49.9 Å². The number of hydrogen-bond donors (Lipinski definition) is 1. The number of benzene rings is 2. The standard InChI is InChI=1S/C29H31N7O/c1-20-8-7-9-21(2)26(20)27-32-28(34-29(33-27)36-16-14-35(3)15-17-36)31-25-19-23(12-13-30-25)24(37)18-22-10-5-4-6-11-22/h4-13,19H,14-18H2,1-3H3,(H,30,31,32,33,34). The number of Topliss-reactive ketones (excluding diaryl/α,β-unsaturated/α-hetero) is 1. The summed E-state index contributed by atoms with van der Waals surface area (Å²) < 4.78 is 0. The molecule has 4 aromatic rings. The van der Waals surface area contributed by atoms with Crippen LogP contribution >= 0.6 is 0 Å². The normalized spacial score (nSPS) is 14.0. The Morgan fingerprint density at radius 2 is 1.62 bits per heavy atom. The Kier molecular flexibility index (Phi) is 7.18. The summed E-state index contributed by atoms with van der Waals surface area (Å²) in [6.07, 6.45) is 1.97. The topological polar surface area (TPSA) is 87.1 Å². The summed E-state index contributed by atoms with van der Waals surface area (Å²) >= 11 is 0. The number of hydrogen-bond acceptors (Lipinski definition) is 8. The zero-order valence-electron chi connectivity index (χ0n) is 21.5. The lowest BCUT2D eigenvalue weighted by atomic mass is 10.0. The van der Waals surface area contributed by atoms with Gasteiger partial charge in [-0.1, -0.05) is 48.5 Å². The van der Waals surface area contributed by atoms with Crippen molar-refractivity contribution < 1.29 is 4.79 Å². The van der Waals surface area contributed by atoms with Crippen LogP contribution in [0, 0.1) is 13.8 Å². The first-order chi connectivity index (χ1) is 18.0. The first kappa shape index (κ1) is 24.5. The lowest BCUT2D eigenvalue weighted by Crippen LogP contribution is -2.45. The zero-order valence-corrected chi connectivity index (χ0v) is 21.5. The molecule has 0 radical (unpaired) electrons. The van der Waals surface area contributed by atoms with Crippen LogP contribution in [0.25, 0.3) is 11.4 Å². The number of anilines is 3. The first-order valence-electron chi connectivity index (χ1n) is 12.5. The molecule has 0 spiro atoms. The van der Waals surface area contributed by atoms with Gasteiger partial charge in [-0.25, -0.2) is 4.98 Å². The molecule has 1 aliphatic heterocycles. The number of aryl methyl sites for hydroxylation is 2. The largest absolute Gasteiger partial charge is 0.338 e. The van der Waals surface area contributed by atoms with Gasteiger partial charge in [-0.15, -0.1) is 0 Å². The predicted octanol–water partition coefficient (Wildman–Crippen LogP) is 4.47. The minimum absolute atomic E-state index is 0.0293. The molecule has 37 heavy (non-hydrogen) atoms. The highest BCUT2D eigenvalue weighted by Crippen LogP contribution is 2.27. The minimum atomic E-state index is 0.0293. The van der Waals surface area contributed by atoms with Crippen molar-refractivity contribution in [3.05, 3.63) is 89.1 Å². The molecule has 0 saturated carbocycles. The molecule has 2 aromatic carbocycles. The van der Waals surface area contributed by atoms with E-state index in [2.05, 4.69) is 53.1 Å². The van der Waals surface area contributed by atoms with E-state index in [1.807, 2.05) is 36.4 Å². The Morgan fingerprint density at radius 1 is 0.892 bits per heavy atom. The summed E-state index contributed by atoms with van der Waals surface area (Å²) in [5.74, 6) is 2.21. The quantitative estimate of drug-likeness (QED) is 0.377. The number of nitrogens with zero attached hydrogens (tertiary/aromatic N) is 6. The maximum Gasteiger partial charge on any atom is 0.233 e. The van der Waals surface area contributed by atoms with Crippen LogP contribution in [0.15, 0.2) is 66.9 Å². The van der Waals surface area contributed by atoms with Crippen LogP contribution in [0.4, 0.5) is 17.7 Å². The van der Waals surface area contributed by atoms with Crippen molar-refractivity contribution in [3.8, 4) is 11.4 Å². The molecule has 8 nitrogen and oxygen atoms in total. The third kappa shape index (κ3) is 5.81. The van der Waals surface area contributed by atoms with Crippen molar-refractivity contribution in [3.63, 3.8) is 0 Å². The summed E-state index contributed by atoms with van der Waals surface area (Å²) in [6.45, 7) is 7.71. The molecule has 0 unspecified atom stereocenters. The lowest BCUT2D eigenvalue weighted by molar-refractivity contribution is 0.0993. The molecule has 8 heteroatoms. The maximum absolute atomic E-state index is 12.9. The molecule has 0 atom stereocenters. The number of ketones is 1. The van der Waals surface area contributed by atoms with E-state index in [4.69, 9.17) is 15.0 Å². The predicted molar refractivity (Wildman–Crippen MR) is 146 cm³/mol. The Bertz CT molecular complexity index is 1380. The minimum Gasteiger partial charge on any atom is -0.338 e. The molecule has 0 amide bonds. The third-order valence-corrected chi connectivity index (χ3v) is 6.64. The number of likely N-dealkylation sites (N-methyl/N-ethyl adjacent to an activating group) is 1. The summed E-state index contributed by atoms with van der Waals surface area (Å²) in [5, 5.41) is 3.24. The Hall–Kier alpha value is -4.17. The van der Waals surface area contributed by atoms with Crippen molar-refractivity contribution in [2.45, 2.75) is 20.3 Å². The van der Waals surface area contributed by atoms with E-state index in [0.717, 1.165) is 48.4 Å². The van der Waals surface area contributed by atoms with Gasteiger partial charge in [0.25, 0.3) is 0 Å². The Labute approximate surface area is 217 Å². The summed E-state index contributed by atoms with van der Waals surface area (Å²) in [7, 11) is 2.12. The van der Waals surface area contributed by atoms with Gasteiger partial charge in [0.15, 0.2) is 11.6 Å². The molecular weight excluding hydrogens is 462 g/mol. The second-order valence-corrected chi connectivity index (χ2v) is 9.48. The molecule has 1 N–H and O–H groups in total. The summed E-state index contributed by atoms with van der Waals surface area (Å²) in [4.78, 5) is 36.2. The second-order valence-electron chi connectivity index (χ2n) is 9.48. The molecule has 5 rings (SSSR count). The summed E-state index contributed by atoms with van der Waals surface area (Å²) in [5.41, 5.74) is 4.78.